The van der Waals surface area contributed by atoms with Gasteiger partial charge >= 0.3 is 0 Å². The predicted molar refractivity (Wildman–Crippen MR) is 106 cm³/mol. The number of rotatable bonds is 3. The summed E-state index contributed by atoms with van der Waals surface area (Å²) in [5, 5.41) is 13.9. The minimum Gasteiger partial charge on any atom is -0.507 e. The average Bonchev–Trinajstić information content (AvgIpc) is 3.45. The molecule has 0 atom stereocenters. The normalized spacial score (nSPS) is 12.0. The Morgan fingerprint density at radius 1 is 1.07 bits per heavy atom. The number of hydrogen-bond acceptors (Lipinski definition) is 3. The van der Waals surface area contributed by atoms with Crippen LogP contribution in [0.15, 0.2) is 107 Å². The third-order valence-corrected chi connectivity index (χ3v) is 3.79. The first kappa shape index (κ1) is 20.4. The zero-order chi connectivity index (χ0) is 18.2. The third-order valence-electron chi connectivity index (χ3n) is 3.79. The molecule has 27 heavy (non-hydrogen) atoms. The Labute approximate surface area is 169 Å². The summed E-state index contributed by atoms with van der Waals surface area (Å²) in [6.07, 6.45) is 10.8. The van der Waals surface area contributed by atoms with Gasteiger partial charge in [-0.15, -0.1) is 0 Å². The van der Waals surface area contributed by atoms with E-state index < -0.39 is 0 Å². The summed E-state index contributed by atoms with van der Waals surface area (Å²) in [5.74, 6) is 0.919. The standard InChI is InChI=1S/C18H15NO2.C5H5.Fe/c1-13-6-8-15(9-7-13)18-12-16(19-21-18)10-11-17(20)14-4-2-3-5-14;1-2-4-5-3-1;/h2-12,20H,1H3;1-5H;/q;-1;/b11-10+;;. The van der Waals surface area contributed by atoms with E-state index in [1.165, 1.54) is 5.56 Å². The molecule has 0 aliphatic heterocycles. The van der Waals surface area contributed by atoms with E-state index in [0.29, 0.717) is 11.5 Å². The van der Waals surface area contributed by atoms with Crippen LogP contribution in [-0.2, 0) is 17.1 Å². The smallest absolute Gasteiger partial charge is 0.167 e. The van der Waals surface area contributed by atoms with Gasteiger partial charge in [-0.25, -0.2) is 12.1 Å². The van der Waals surface area contributed by atoms with E-state index in [-0.39, 0.29) is 22.8 Å². The van der Waals surface area contributed by atoms with Crippen molar-refractivity contribution in [1.29, 1.82) is 0 Å². The molecule has 3 aromatic rings. The molecule has 0 spiro atoms. The fraction of sp³-hybridized carbons (Fsp3) is 0.0435. The van der Waals surface area contributed by atoms with Gasteiger partial charge in [0.1, 0.15) is 11.5 Å². The minimum atomic E-state index is 0. The van der Waals surface area contributed by atoms with E-state index in [0.717, 1.165) is 11.1 Å². The van der Waals surface area contributed by atoms with Gasteiger partial charge in [-0.3, -0.25) is 0 Å². The van der Waals surface area contributed by atoms with Crippen molar-refractivity contribution in [2.75, 3.05) is 0 Å². The first-order valence-corrected chi connectivity index (χ1v) is 8.39. The molecule has 2 aromatic carbocycles. The number of benzene rings is 1. The van der Waals surface area contributed by atoms with Gasteiger partial charge in [0.2, 0.25) is 0 Å². The van der Waals surface area contributed by atoms with Crippen molar-refractivity contribution < 1.29 is 26.7 Å². The first-order chi connectivity index (χ1) is 12.7. The molecule has 138 valence electrons. The van der Waals surface area contributed by atoms with E-state index in [1.54, 1.807) is 12.2 Å². The summed E-state index contributed by atoms with van der Waals surface area (Å²) in [6.45, 7) is 2.04. The predicted octanol–water partition coefficient (Wildman–Crippen LogP) is 6.00. The fourth-order valence-electron chi connectivity index (χ4n) is 2.35. The Bertz CT molecular complexity index is 911. The van der Waals surface area contributed by atoms with Crippen LogP contribution >= 0.6 is 0 Å². The van der Waals surface area contributed by atoms with Gasteiger partial charge < -0.3 is 9.63 Å². The van der Waals surface area contributed by atoms with Crippen molar-refractivity contribution >= 4 is 6.08 Å². The maximum Gasteiger partial charge on any atom is 0.167 e. The van der Waals surface area contributed by atoms with Gasteiger partial charge in [-0.05, 0) is 19.1 Å². The van der Waals surface area contributed by atoms with Crippen molar-refractivity contribution in [3.05, 3.63) is 114 Å². The zero-order valence-electron chi connectivity index (χ0n) is 14.9. The first-order valence-electron chi connectivity index (χ1n) is 8.39. The Kier molecular flexibility index (Phi) is 7.75. The molecule has 0 bridgehead atoms. The number of aliphatic hydroxyl groups excluding tert-OH is 1. The zero-order valence-corrected chi connectivity index (χ0v) is 16.0. The largest absolute Gasteiger partial charge is 0.507 e. The van der Waals surface area contributed by atoms with Crippen LogP contribution in [0.1, 0.15) is 11.3 Å². The molecule has 0 unspecified atom stereocenters. The molecule has 0 saturated carbocycles. The number of hydrogen-bond donors (Lipinski definition) is 1. The summed E-state index contributed by atoms with van der Waals surface area (Å²) < 4.78 is 5.32. The molecule has 4 heteroatoms. The fourth-order valence-corrected chi connectivity index (χ4v) is 2.35. The van der Waals surface area contributed by atoms with Crippen molar-refractivity contribution in [2.24, 2.45) is 0 Å². The number of aliphatic hydroxyl groups is 1. The molecule has 0 fully saturated rings. The monoisotopic (exact) mass is 398 g/mol. The maximum atomic E-state index is 9.90. The van der Waals surface area contributed by atoms with Crippen molar-refractivity contribution in [1.82, 2.24) is 5.16 Å². The van der Waals surface area contributed by atoms with Crippen LogP contribution in [-0.4, -0.2) is 10.3 Å². The van der Waals surface area contributed by atoms with Crippen molar-refractivity contribution in [3.63, 3.8) is 0 Å². The van der Waals surface area contributed by atoms with Gasteiger partial charge in [-0.1, -0.05) is 59.3 Å². The summed E-state index contributed by atoms with van der Waals surface area (Å²) >= 11 is 0. The van der Waals surface area contributed by atoms with Crippen molar-refractivity contribution in [2.45, 2.75) is 6.92 Å². The Morgan fingerprint density at radius 2 is 1.74 bits per heavy atom. The molecular formula is C23H20FeNO2-. The second-order valence-electron chi connectivity index (χ2n) is 5.84. The second kappa shape index (κ2) is 10.3. The van der Waals surface area contributed by atoms with Crippen LogP contribution in [0.3, 0.4) is 0 Å². The van der Waals surface area contributed by atoms with Gasteiger partial charge in [0.25, 0.3) is 0 Å². The summed E-state index contributed by atoms with van der Waals surface area (Å²) in [7, 11) is 0. The Morgan fingerprint density at radius 3 is 2.33 bits per heavy atom. The molecule has 1 aromatic heterocycles. The molecule has 0 amide bonds. The van der Waals surface area contributed by atoms with Gasteiger partial charge in [0.05, 0.1) is 0 Å². The van der Waals surface area contributed by atoms with Crippen LogP contribution < -0.4 is 0 Å². The molecule has 1 heterocycles. The summed E-state index contributed by atoms with van der Waals surface area (Å²) in [4.78, 5) is 0. The Balaban J connectivity index is 0.000000379. The van der Waals surface area contributed by atoms with Crippen LogP contribution in [0.4, 0.5) is 0 Å². The van der Waals surface area contributed by atoms with Gasteiger partial charge in [0, 0.05) is 34.3 Å². The minimum absolute atomic E-state index is 0. The number of aryl methyl sites for hydroxylation is 1. The topological polar surface area (TPSA) is 46.3 Å². The van der Waals surface area contributed by atoms with Gasteiger partial charge in [-0.2, -0.15) is 18.2 Å². The van der Waals surface area contributed by atoms with Crippen molar-refractivity contribution in [3.8, 4) is 11.3 Å². The molecule has 1 N–H and O–H groups in total. The molecule has 0 saturated heterocycles. The SMILES string of the molecule is Cc1ccc(-c2cc(/C=C/C(O)=C3C=CC=C3)no2)cc1.[Fe].c1cc[cH-]c1. The molecule has 0 radical (unpaired) electrons. The third kappa shape index (κ3) is 6.07. The molecule has 3 nitrogen and oxygen atoms in total. The number of aromatic nitrogens is 1. The quantitative estimate of drug-likeness (QED) is 0.334. The van der Waals surface area contributed by atoms with Crippen LogP contribution in [0.2, 0.25) is 0 Å². The molecule has 1 aliphatic rings. The number of allylic oxidation sites excluding steroid dienone is 6. The molecule has 1 aliphatic carbocycles. The molecular weight excluding hydrogens is 378 g/mol. The van der Waals surface area contributed by atoms with E-state index in [1.807, 2.05) is 91.9 Å². The van der Waals surface area contributed by atoms with Crippen LogP contribution in [0.25, 0.3) is 17.4 Å². The van der Waals surface area contributed by atoms with E-state index in [9.17, 15) is 5.11 Å². The van der Waals surface area contributed by atoms with E-state index >= 15 is 0 Å². The van der Waals surface area contributed by atoms with E-state index in [2.05, 4.69) is 5.16 Å². The van der Waals surface area contributed by atoms with Crippen LogP contribution in [0, 0.1) is 6.92 Å². The average molecular weight is 398 g/mol. The molecule has 4 rings (SSSR count). The number of nitrogens with zero attached hydrogens (tertiary/aromatic N) is 1. The van der Waals surface area contributed by atoms with Gasteiger partial charge in [0.15, 0.2) is 5.76 Å². The van der Waals surface area contributed by atoms with E-state index in [4.69, 9.17) is 4.52 Å². The maximum absolute atomic E-state index is 9.90. The Hall–Kier alpha value is -2.94. The second-order valence-corrected chi connectivity index (χ2v) is 5.84. The summed E-state index contributed by atoms with van der Waals surface area (Å²) in [6, 6.07) is 19.9. The summed E-state index contributed by atoms with van der Waals surface area (Å²) in [5.41, 5.74) is 3.64. The van der Waals surface area contributed by atoms with Crippen LogP contribution in [0.5, 0.6) is 0 Å².